The van der Waals surface area contributed by atoms with E-state index in [1.807, 2.05) is 0 Å². The van der Waals surface area contributed by atoms with E-state index < -0.39 is 0 Å². The van der Waals surface area contributed by atoms with Crippen LogP contribution in [0.1, 0.15) is 23.3 Å². The van der Waals surface area contributed by atoms with E-state index in [-0.39, 0.29) is 12.2 Å². The molecule has 2 aromatic carbocycles. The van der Waals surface area contributed by atoms with Gasteiger partial charge in [0, 0.05) is 23.6 Å². The van der Waals surface area contributed by atoms with Gasteiger partial charge in [0.1, 0.15) is 0 Å². The second-order valence-corrected chi connectivity index (χ2v) is 6.06. The Bertz CT molecular complexity index is 585. The SMILES string of the molecule is ClC[C@@H]1[C@H](CCl)[C@@H]2O[C@H]1c1cc3ccccc3cc12. The molecule has 2 aliphatic heterocycles. The molecule has 19 heavy (non-hydrogen) atoms. The monoisotopic (exact) mass is 292 g/mol. The van der Waals surface area contributed by atoms with Crippen LogP contribution in [0.3, 0.4) is 0 Å². The molecule has 0 spiro atoms. The van der Waals surface area contributed by atoms with E-state index >= 15 is 0 Å². The zero-order chi connectivity index (χ0) is 13.0. The highest BCUT2D eigenvalue weighted by Crippen LogP contribution is 2.58. The molecule has 2 aromatic rings. The Balaban J connectivity index is 1.90. The maximum atomic E-state index is 6.15. The highest BCUT2D eigenvalue weighted by molar-refractivity contribution is 6.19. The molecule has 0 saturated carbocycles. The molecule has 0 radical (unpaired) electrons. The van der Waals surface area contributed by atoms with E-state index in [9.17, 15) is 0 Å². The molecule has 2 bridgehead atoms. The van der Waals surface area contributed by atoms with Crippen molar-refractivity contribution in [3.63, 3.8) is 0 Å². The van der Waals surface area contributed by atoms with E-state index in [4.69, 9.17) is 27.9 Å². The summed E-state index contributed by atoms with van der Waals surface area (Å²) in [5.74, 6) is 1.92. The molecule has 1 fully saturated rings. The lowest BCUT2D eigenvalue weighted by Crippen LogP contribution is -2.24. The van der Waals surface area contributed by atoms with Crippen LogP contribution in [-0.2, 0) is 4.74 Å². The number of ether oxygens (including phenoxy) is 1. The van der Waals surface area contributed by atoms with Crippen molar-refractivity contribution >= 4 is 34.0 Å². The van der Waals surface area contributed by atoms with Gasteiger partial charge in [-0.25, -0.2) is 0 Å². The first-order valence-corrected chi connectivity index (χ1v) is 7.70. The van der Waals surface area contributed by atoms with Crippen molar-refractivity contribution in [2.75, 3.05) is 11.8 Å². The Labute approximate surface area is 122 Å². The fourth-order valence-electron chi connectivity index (χ4n) is 3.58. The summed E-state index contributed by atoms with van der Waals surface area (Å²) in [4.78, 5) is 0. The number of rotatable bonds is 2. The highest BCUT2D eigenvalue weighted by Gasteiger charge is 2.51. The number of hydrogen-bond donors (Lipinski definition) is 0. The van der Waals surface area contributed by atoms with Gasteiger partial charge in [-0.05, 0) is 34.0 Å². The topological polar surface area (TPSA) is 9.23 Å². The van der Waals surface area contributed by atoms with Gasteiger partial charge < -0.3 is 4.74 Å². The maximum absolute atomic E-state index is 6.15. The van der Waals surface area contributed by atoms with E-state index in [0.717, 1.165) is 0 Å². The largest absolute Gasteiger partial charge is 0.365 e. The number of halogens is 2. The molecule has 2 aliphatic rings. The summed E-state index contributed by atoms with van der Waals surface area (Å²) < 4.78 is 6.15. The third kappa shape index (κ3) is 1.59. The third-order valence-corrected chi connectivity index (χ3v) is 5.25. The fraction of sp³-hybridized carbons (Fsp3) is 0.375. The Hall–Kier alpha value is -0.760. The highest BCUT2D eigenvalue weighted by atomic mass is 35.5. The number of fused-ring (bicyclic) bond motifs is 6. The molecule has 4 rings (SSSR count). The Morgan fingerprint density at radius 1 is 0.842 bits per heavy atom. The van der Waals surface area contributed by atoms with Crippen LogP contribution >= 0.6 is 23.2 Å². The van der Waals surface area contributed by atoms with Gasteiger partial charge in [-0.3, -0.25) is 0 Å². The minimum absolute atomic E-state index is 0.130. The van der Waals surface area contributed by atoms with E-state index in [1.54, 1.807) is 0 Å². The quantitative estimate of drug-likeness (QED) is 0.731. The Morgan fingerprint density at radius 3 is 1.74 bits per heavy atom. The van der Waals surface area contributed by atoms with Crippen molar-refractivity contribution in [1.29, 1.82) is 0 Å². The first-order chi connectivity index (χ1) is 9.33. The van der Waals surface area contributed by atoms with E-state index in [0.29, 0.717) is 23.6 Å². The Morgan fingerprint density at radius 2 is 1.32 bits per heavy atom. The van der Waals surface area contributed by atoms with Crippen LogP contribution in [0.5, 0.6) is 0 Å². The lowest BCUT2D eigenvalue weighted by atomic mass is 9.77. The summed E-state index contributed by atoms with van der Waals surface area (Å²) >= 11 is 12.2. The average Bonchev–Trinajstić information content (AvgIpc) is 3.00. The van der Waals surface area contributed by atoms with Gasteiger partial charge in [0.2, 0.25) is 0 Å². The molecule has 0 aromatic heterocycles. The number of benzene rings is 2. The molecule has 0 unspecified atom stereocenters. The van der Waals surface area contributed by atoms with Gasteiger partial charge in [-0.2, -0.15) is 0 Å². The maximum Gasteiger partial charge on any atom is 0.0881 e. The standard InChI is InChI=1S/C16H14Cl2O/c17-7-13-14(8-18)16-12-6-10-4-2-1-3-9(10)5-11(12)15(13)19-16/h1-6,13-16H,7-8H2/t13-,14+,15+,16-. The van der Waals surface area contributed by atoms with E-state index in [2.05, 4.69) is 36.4 Å². The first-order valence-electron chi connectivity index (χ1n) is 6.63. The van der Waals surface area contributed by atoms with Crippen LogP contribution in [0, 0.1) is 11.8 Å². The summed E-state index contributed by atoms with van der Waals surface area (Å²) in [6.07, 6.45) is 0.261. The fourth-order valence-corrected chi connectivity index (χ4v) is 4.36. The smallest absolute Gasteiger partial charge is 0.0881 e. The predicted octanol–water partition coefficient (Wildman–Crippen LogP) is 4.68. The van der Waals surface area contributed by atoms with Crippen LogP contribution in [0.4, 0.5) is 0 Å². The van der Waals surface area contributed by atoms with Gasteiger partial charge >= 0.3 is 0 Å². The van der Waals surface area contributed by atoms with Crippen LogP contribution in [-0.4, -0.2) is 11.8 Å². The first kappa shape index (κ1) is 12.0. The zero-order valence-corrected chi connectivity index (χ0v) is 11.9. The molecule has 4 atom stereocenters. The third-order valence-electron chi connectivity index (χ3n) is 4.54. The number of hydrogen-bond acceptors (Lipinski definition) is 1. The molecule has 0 amide bonds. The molecule has 0 N–H and O–H groups in total. The van der Waals surface area contributed by atoms with Gasteiger partial charge in [0.25, 0.3) is 0 Å². The van der Waals surface area contributed by atoms with Crippen molar-refractivity contribution in [1.82, 2.24) is 0 Å². The second kappa shape index (κ2) is 4.37. The predicted molar refractivity (Wildman–Crippen MR) is 78.9 cm³/mol. The van der Waals surface area contributed by atoms with Crippen molar-refractivity contribution in [2.24, 2.45) is 11.8 Å². The zero-order valence-electron chi connectivity index (χ0n) is 10.4. The second-order valence-electron chi connectivity index (χ2n) is 5.44. The molecular weight excluding hydrogens is 279 g/mol. The summed E-state index contributed by atoms with van der Waals surface area (Å²) in [6, 6.07) is 13.0. The molecule has 3 heteroatoms. The van der Waals surface area contributed by atoms with E-state index in [1.165, 1.54) is 21.9 Å². The van der Waals surface area contributed by atoms with Gasteiger partial charge in [0.15, 0.2) is 0 Å². The molecular formula is C16H14Cl2O. The normalized spacial score (nSPS) is 31.9. The molecule has 98 valence electrons. The van der Waals surface area contributed by atoms with Crippen molar-refractivity contribution < 1.29 is 4.74 Å². The van der Waals surface area contributed by atoms with Gasteiger partial charge in [-0.15, -0.1) is 23.2 Å². The minimum Gasteiger partial charge on any atom is -0.365 e. The van der Waals surface area contributed by atoms with Crippen LogP contribution in [0.25, 0.3) is 10.8 Å². The number of alkyl halides is 2. The summed E-state index contributed by atoms with van der Waals surface area (Å²) in [7, 11) is 0. The molecule has 0 aliphatic carbocycles. The van der Waals surface area contributed by atoms with Crippen molar-refractivity contribution in [2.45, 2.75) is 12.2 Å². The Kier molecular flexibility index (Phi) is 2.77. The lowest BCUT2D eigenvalue weighted by molar-refractivity contribution is 0.0569. The van der Waals surface area contributed by atoms with Crippen molar-refractivity contribution in [3.05, 3.63) is 47.5 Å². The summed E-state index contributed by atoms with van der Waals surface area (Å²) in [6.45, 7) is 0. The molecule has 2 heterocycles. The summed E-state index contributed by atoms with van der Waals surface area (Å²) in [5, 5.41) is 2.54. The lowest BCUT2D eigenvalue weighted by Gasteiger charge is -2.27. The molecule has 1 saturated heterocycles. The summed E-state index contributed by atoms with van der Waals surface area (Å²) in [5.41, 5.74) is 2.63. The minimum atomic E-state index is 0.130. The van der Waals surface area contributed by atoms with Gasteiger partial charge in [0.05, 0.1) is 12.2 Å². The molecule has 1 nitrogen and oxygen atoms in total. The average molecular weight is 293 g/mol. The van der Waals surface area contributed by atoms with Crippen LogP contribution in [0.15, 0.2) is 36.4 Å². The van der Waals surface area contributed by atoms with Gasteiger partial charge in [-0.1, -0.05) is 24.3 Å². The van der Waals surface area contributed by atoms with Crippen LogP contribution < -0.4 is 0 Å². The van der Waals surface area contributed by atoms with Crippen LogP contribution in [0.2, 0.25) is 0 Å². The van der Waals surface area contributed by atoms with Crippen molar-refractivity contribution in [3.8, 4) is 0 Å².